The Balaban J connectivity index is 2.09. The van der Waals surface area contributed by atoms with Gasteiger partial charge in [-0.3, -0.25) is 0 Å². The lowest BCUT2D eigenvalue weighted by molar-refractivity contribution is -0.136. The third-order valence-corrected chi connectivity index (χ3v) is 6.96. The summed E-state index contributed by atoms with van der Waals surface area (Å²) in [6.45, 7) is 0. The Morgan fingerprint density at radius 3 is 2.54 bits per heavy atom. The summed E-state index contributed by atoms with van der Waals surface area (Å²) in [6, 6.07) is 10.5. The summed E-state index contributed by atoms with van der Waals surface area (Å²) in [5.41, 5.74) is 0.732. The number of esters is 1. The molecule has 136 valence electrons. The van der Waals surface area contributed by atoms with Gasteiger partial charge >= 0.3 is 12.0 Å². The lowest BCUT2D eigenvalue weighted by Crippen LogP contribution is -2.47. The number of methoxy groups -OCH3 is 1. The highest BCUT2D eigenvalue weighted by molar-refractivity contribution is 7.93. The number of carbonyl (C=O) groups excluding carboxylic acids is 2. The van der Waals surface area contributed by atoms with Crippen molar-refractivity contribution in [2.75, 3.05) is 12.9 Å². The molecule has 9 heteroatoms. The fourth-order valence-electron chi connectivity index (χ4n) is 2.68. The maximum atomic E-state index is 12.6. The van der Waals surface area contributed by atoms with Gasteiger partial charge in [-0.05, 0) is 17.0 Å². The zero-order chi connectivity index (χ0) is 18.7. The summed E-state index contributed by atoms with van der Waals surface area (Å²) in [5, 5.41) is 6.75. The summed E-state index contributed by atoms with van der Waals surface area (Å²) in [5.74, 6) is -1.21. The van der Waals surface area contributed by atoms with Crippen molar-refractivity contribution < 1.29 is 22.7 Å². The predicted molar refractivity (Wildman–Crippen MR) is 96.3 cm³/mol. The van der Waals surface area contributed by atoms with E-state index >= 15 is 0 Å². The van der Waals surface area contributed by atoms with Crippen LogP contribution in [-0.2, 0) is 19.4 Å². The molecule has 0 spiro atoms. The van der Waals surface area contributed by atoms with Gasteiger partial charge in [0.25, 0.3) is 0 Å². The molecule has 0 saturated heterocycles. The number of hydrogen-bond acceptors (Lipinski definition) is 6. The van der Waals surface area contributed by atoms with Gasteiger partial charge in [-0.25, -0.2) is 18.0 Å². The van der Waals surface area contributed by atoms with Crippen LogP contribution in [-0.4, -0.2) is 33.3 Å². The number of hydrogen-bond donors (Lipinski definition) is 2. The summed E-state index contributed by atoms with van der Waals surface area (Å²) in [4.78, 5) is 24.5. The van der Waals surface area contributed by atoms with E-state index in [4.69, 9.17) is 4.74 Å². The molecule has 0 fully saturated rings. The zero-order valence-electron chi connectivity index (χ0n) is 13.8. The molecule has 26 heavy (non-hydrogen) atoms. The van der Waals surface area contributed by atoms with E-state index in [1.807, 2.05) is 0 Å². The van der Waals surface area contributed by atoms with Gasteiger partial charge in [0.1, 0.15) is 4.21 Å². The quantitative estimate of drug-likeness (QED) is 0.758. The molecule has 1 aromatic heterocycles. The minimum absolute atomic E-state index is 0.0165. The van der Waals surface area contributed by atoms with Crippen molar-refractivity contribution in [2.45, 2.75) is 10.3 Å². The fourth-order valence-corrected chi connectivity index (χ4v) is 5.09. The largest absolute Gasteiger partial charge is 0.466 e. The highest BCUT2D eigenvalue weighted by atomic mass is 32.2. The van der Waals surface area contributed by atoms with Crippen LogP contribution in [0.4, 0.5) is 4.79 Å². The normalized spacial score (nSPS) is 17.4. The number of carbonyl (C=O) groups is 2. The van der Waals surface area contributed by atoms with Crippen molar-refractivity contribution >= 4 is 33.2 Å². The lowest BCUT2D eigenvalue weighted by Gasteiger charge is -2.29. The monoisotopic (exact) mass is 392 g/mol. The van der Waals surface area contributed by atoms with E-state index in [2.05, 4.69) is 10.6 Å². The number of thiophene rings is 1. The van der Waals surface area contributed by atoms with E-state index in [0.717, 1.165) is 11.3 Å². The summed E-state index contributed by atoms with van der Waals surface area (Å²) >= 11 is 1.08. The molecule has 0 unspecified atom stereocenters. The number of nitrogens with one attached hydrogen (secondary N) is 2. The van der Waals surface area contributed by atoms with Crippen LogP contribution >= 0.6 is 11.3 Å². The topological polar surface area (TPSA) is 102 Å². The Labute approximate surface area is 154 Å². The molecule has 3 rings (SSSR count). The smallest absolute Gasteiger partial charge is 0.338 e. The molecule has 2 heterocycles. The van der Waals surface area contributed by atoms with E-state index in [9.17, 15) is 18.0 Å². The minimum Gasteiger partial charge on any atom is -0.466 e. The van der Waals surface area contributed by atoms with E-state index < -0.39 is 33.6 Å². The molecule has 0 aliphatic carbocycles. The first kappa shape index (κ1) is 18.2. The van der Waals surface area contributed by atoms with Crippen LogP contribution in [0.1, 0.15) is 11.6 Å². The second-order valence-electron chi connectivity index (χ2n) is 5.52. The standard InChI is InChI=1S/C17H16N2O5S2/c1-24-16(20)14-12(10-26(22,23)13-8-5-9-25-13)18-17(21)19-15(14)11-6-3-2-4-7-11/h2-9,15H,10H2,1H3,(H2,18,19,21)/t15-/m1/s1. The van der Waals surface area contributed by atoms with Crippen LogP contribution < -0.4 is 10.6 Å². The number of rotatable bonds is 5. The fraction of sp³-hybridized carbons (Fsp3) is 0.176. The molecule has 2 N–H and O–H groups in total. The molecule has 1 aliphatic rings. The number of ether oxygens (including phenoxy) is 1. The number of sulfone groups is 1. The van der Waals surface area contributed by atoms with Gasteiger partial charge < -0.3 is 15.4 Å². The van der Waals surface area contributed by atoms with Crippen molar-refractivity contribution in [3.8, 4) is 0 Å². The Hall–Kier alpha value is -2.65. The van der Waals surface area contributed by atoms with Gasteiger partial charge in [0.15, 0.2) is 9.84 Å². The van der Waals surface area contributed by atoms with Crippen LogP contribution in [0.5, 0.6) is 0 Å². The second kappa shape index (κ2) is 7.30. The van der Waals surface area contributed by atoms with Gasteiger partial charge in [0, 0.05) is 5.70 Å². The van der Waals surface area contributed by atoms with E-state index in [1.54, 1.807) is 41.8 Å². The Morgan fingerprint density at radius 1 is 1.19 bits per heavy atom. The van der Waals surface area contributed by atoms with E-state index in [1.165, 1.54) is 13.2 Å². The molecular formula is C17H16N2O5S2. The predicted octanol–water partition coefficient (Wildman–Crippen LogP) is 2.00. The number of amides is 2. The molecule has 0 bridgehead atoms. The zero-order valence-corrected chi connectivity index (χ0v) is 15.4. The first-order valence-corrected chi connectivity index (χ1v) is 10.2. The van der Waals surface area contributed by atoms with Crippen LogP contribution in [0.25, 0.3) is 0 Å². The van der Waals surface area contributed by atoms with Gasteiger partial charge in [-0.15, -0.1) is 11.3 Å². The van der Waals surface area contributed by atoms with Crippen molar-refractivity contribution in [1.82, 2.24) is 10.6 Å². The highest BCUT2D eigenvalue weighted by Crippen LogP contribution is 2.29. The summed E-state index contributed by atoms with van der Waals surface area (Å²) in [7, 11) is -2.50. The van der Waals surface area contributed by atoms with Crippen molar-refractivity contribution in [3.63, 3.8) is 0 Å². The first-order chi connectivity index (χ1) is 12.4. The summed E-state index contributed by atoms with van der Waals surface area (Å²) in [6.07, 6.45) is 0. The Kier molecular flexibility index (Phi) is 5.10. The molecule has 2 aromatic rings. The third-order valence-electron chi connectivity index (χ3n) is 3.83. The second-order valence-corrected chi connectivity index (χ2v) is 8.68. The molecule has 0 radical (unpaired) electrons. The molecule has 2 amide bonds. The Morgan fingerprint density at radius 2 is 1.92 bits per heavy atom. The van der Waals surface area contributed by atoms with Crippen LogP contribution in [0.3, 0.4) is 0 Å². The van der Waals surface area contributed by atoms with E-state index in [0.29, 0.717) is 5.56 Å². The Bertz CT molecular complexity index is 950. The average molecular weight is 392 g/mol. The van der Waals surface area contributed by atoms with Gasteiger partial charge in [0.2, 0.25) is 0 Å². The van der Waals surface area contributed by atoms with Gasteiger partial charge in [-0.2, -0.15) is 0 Å². The van der Waals surface area contributed by atoms with Gasteiger partial charge in [0.05, 0.1) is 24.5 Å². The SMILES string of the molecule is COC(=O)C1=C(CS(=O)(=O)c2cccs2)NC(=O)N[C@@H]1c1ccccc1. The highest BCUT2D eigenvalue weighted by Gasteiger charge is 2.35. The maximum absolute atomic E-state index is 12.6. The number of urea groups is 1. The molecule has 1 aromatic carbocycles. The summed E-state index contributed by atoms with van der Waals surface area (Å²) < 4.78 is 30.2. The number of benzene rings is 1. The van der Waals surface area contributed by atoms with Crippen molar-refractivity contribution in [3.05, 3.63) is 64.7 Å². The first-order valence-electron chi connectivity index (χ1n) is 7.62. The molecule has 1 aliphatic heterocycles. The van der Waals surface area contributed by atoms with E-state index in [-0.39, 0.29) is 15.5 Å². The van der Waals surface area contributed by atoms with Crippen LogP contribution in [0.2, 0.25) is 0 Å². The average Bonchev–Trinajstić information content (AvgIpc) is 3.17. The molecule has 7 nitrogen and oxygen atoms in total. The van der Waals surface area contributed by atoms with Crippen LogP contribution in [0, 0.1) is 0 Å². The van der Waals surface area contributed by atoms with Crippen molar-refractivity contribution in [2.24, 2.45) is 0 Å². The maximum Gasteiger partial charge on any atom is 0.338 e. The minimum atomic E-state index is -3.71. The molecule has 0 saturated carbocycles. The third kappa shape index (κ3) is 3.63. The van der Waals surface area contributed by atoms with Gasteiger partial charge in [-0.1, -0.05) is 36.4 Å². The van der Waals surface area contributed by atoms with Crippen molar-refractivity contribution in [1.29, 1.82) is 0 Å². The van der Waals surface area contributed by atoms with Crippen LogP contribution in [0.15, 0.2) is 63.3 Å². The molecule has 1 atom stereocenters. The molecular weight excluding hydrogens is 376 g/mol. The lowest BCUT2D eigenvalue weighted by atomic mass is 9.96.